The van der Waals surface area contributed by atoms with Crippen LogP contribution in [0.25, 0.3) is 0 Å². The number of hydrogen-bond donors (Lipinski definition) is 1. The van der Waals surface area contributed by atoms with Crippen molar-refractivity contribution in [2.75, 3.05) is 5.75 Å². The fourth-order valence-corrected chi connectivity index (χ4v) is 2.69. The molecule has 2 N–H and O–H groups in total. The van der Waals surface area contributed by atoms with Gasteiger partial charge in [-0.3, -0.25) is 0 Å². The molecule has 13 heavy (non-hydrogen) atoms. The lowest BCUT2D eigenvalue weighted by atomic mass is 10.00. The Balaban J connectivity index is 2.47. The van der Waals surface area contributed by atoms with Crippen LogP contribution in [0.15, 0.2) is 18.2 Å². The molecule has 70 valence electrons. The van der Waals surface area contributed by atoms with Gasteiger partial charge < -0.3 is 5.73 Å². The Morgan fingerprint density at radius 2 is 2.31 bits per heavy atom. The number of halogens is 1. The maximum Gasteiger partial charge on any atom is 0.127 e. The number of hydrogen-bond acceptors (Lipinski definition) is 2. The zero-order valence-corrected chi connectivity index (χ0v) is 8.11. The second kappa shape index (κ2) is 3.68. The van der Waals surface area contributed by atoms with Crippen molar-refractivity contribution in [3.05, 3.63) is 35.1 Å². The molecule has 2 rings (SSSR count). The minimum Gasteiger partial charge on any atom is -0.324 e. The largest absolute Gasteiger partial charge is 0.324 e. The standard InChI is InChI=1S/C10H12FNS/c11-9-3-1-2-7-8(9)6-13-5-4-10(7)12/h1-3,10H,4-6,12H2. The first-order chi connectivity index (χ1) is 6.29. The van der Waals surface area contributed by atoms with Crippen LogP contribution in [0.1, 0.15) is 23.6 Å². The Kier molecular flexibility index (Phi) is 2.56. The van der Waals surface area contributed by atoms with Crippen molar-refractivity contribution < 1.29 is 4.39 Å². The van der Waals surface area contributed by atoms with Gasteiger partial charge in [-0.15, -0.1) is 0 Å². The molecule has 1 unspecified atom stereocenters. The molecule has 0 radical (unpaired) electrons. The van der Waals surface area contributed by atoms with Crippen molar-refractivity contribution in [2.24, 2.45) is 5.73 Å². The lowest BCUT2D eigenvalue weighted by Gasteiger charge is -2.11. The SMILES string of the molecule is NC1CCSCc2c(F)cccc21. The van der Waals surface area contributed by atoms with Crippen LogP contribution < -0.4 is 5.73 Å². The third-order valence-electron chi connectivity index (χ3n) is 2.37. The Labute approximate surface area is 81.5 Å². The van der Waals surface area contributed by atoms with E-state index in [1.54, 1.807) is 17.8 Å². The molecule has 1 atom stereocenters. The predicted octanol–water partition coefficient (Wildman–Crippen LogP) is 2.46. The van der Waals surface area contributed by atoms with Crippen molar-refractivity contribution >= 4 is 11.8 Å². The Bertz CT molecular complexity index is 314. The van der Waals surface area contributed by atoms with Gasteiger partial charge in [-0.1, -0.05) is 12.1 Å². The van der Waals surface area contributed by atoms with Crippen LogP contribution in [0.3, 0.4) is 0 Å². The monoisotopic (exact) mass is 197 g/mol. The van der Waals surface area contributed by atoms with E-state index < -0.39 is 0 Å². The van der Waals surface area contributed by atoms with Gasteiger partial charge in [-0.25, -0.2) is 4.39 Å². The number of fused-ring (bicyclic) bond motifs is 1. The smallest absolute Gasteiger partial charge is 0.127 e. The van der Waals surface area contributed by atoms with Crippen LogP contribution in [0.2, 0.25) is 0 Å². The molecule has 1 aliphatic heterocycles. The van der Waals surface area contributed by atoms with Crippen LogP contribution in [-0.4, -0.2) is 5.75 Å². The van der Waals surface area contributed by atoms with E-state index in [2.05, 4.69) is 0 Å². The number of nitrogens with two attached hydrogens (primary N) is 1. The fraction of sp³-hybridized carbons (Fsp3) is 0.400. The van der Waals surface area contributed by atoms with E-state index in [9.17, 15) is 4.39 Å². The summed E-state index contributed by atoms with van der Waals surface area (Å²) in [6.45, 7) is 0. The summed E-state index contributed by atoms with van der Waals surface area (Å²) in [6, 6.07) is 5.21. The third kappa shape index (κ3) is 1.71. The van der Waals surface area contributed by atoms with Gasteiger partial charge in [0.15, 0.2) is 0 Å². The molecule has 1 heterocycles. The van der Waals surface area contributed by atoms with E-state index in [0.29, 0.717) is 0 Å². The average molecular weight is 197 g/mol. The molecule has 1 aromatic carbocycles. The number of thioether (sulfide) groups is 1. The van der Waals surface area contributed by atoms with Gasteiger partial charge in [0.1, 0.15) is 5.82 Å². The zero-order valence-electron chi connectivity index (χ0n) is 7.29. The van der Waals surface area contributed by atoms with E-state index >= 15 is 0 Å². The fourth-order valence-electron chi connectivity index (χ4n) is 1.62. The summed E-state index contributed by atoms with van der Waals surface area (Å²) in [5.74, 6) is 1.67. The van der Waals surface area contributed by atoms with Crippen LogP contribution in [0.4, 0.5) is 4.39 Å². The Morgan fingerprint density at radius 1 is 1.46 bits per heavy atom. The van der Waals surface area contributed by atoms with Gasteiger partial charge in [0, 0.05) is 17.4 Å². The van der Waals surface area contributed by atoms with Crippen LogP contribution >= 0.6 is 11.8 Å². The summed E-state index contributed by atoms with van der Waals surface area (Å²) >= 11 is 1.76. The first-order valence-electron chi connectivity index (χ1n) is 4.39. The van der Waals surface area contributed by atoms with Gasteiger partial charge in [-0.05, 0) is 23.8 Å². The number of benzene rings is 1. The molecule has 0 saturated heterocycles. The summed E-state index contributed by atoms with van der Waals surface area (Å²) in [7, 11) is 0. The molecule has 0 saturated carbocycles. The van der Waals surface area contributed by atoms with Crippen LogP contribution in [-0.2, 0) is 5.75 Å². The van der Waals surface area contributed by atoms with Crippen molar-refractivity contribution in [2.45, 2.75) is 18.2 Å². The lowest BCUT2D eigenvalue weighted by Crippen LogP contribution is -2.11. The maximum absolute atomic E-state index is 13.4. The molecule has 0 aliphatic carbocycles. The van der Waals surface area contributed by atoms with E-state index in [1.807, 2.05) is 6.07 Å². The van der Waals surface area contributed by atoms with Crippen molar-refractivity contribution in [1.29, 1.82) is 0 Å². The lowest BCUT2D eigenvalue weighted by molar-refractivity contribution is 0.606. The molecule has 1 aliphatic rings. The van der Waals surface area contributed by atoms with Crippen molar-refractivity contribution in [3.63, 3.8) is 0 Å². The van der Waals surface area contributed by atoms with E-state index in [4.69, 9.17) is 5.73 Å². The normalized spacial score (nSPS) is 22.2. The Hall–Kier alpha value is -0.540. The summed E-state index contributed by atoms with van der Waals surface area (Å²) in [6.07, 6.45) is 0.946. The quantitative estimate of drug-likeness (QED) is 0.691. The predicted molar refractivity (Wildman–Crippen MR) is 54.1 cm³/mol. The second-order valence-corrected chi connectivity index (χ2v) is 4.36. The highest BCUT2D eigenvalue weighted by Crippen LogP contribution is 2.30. The first-order valence-corrected chi connectivity index (χ1v) is 5.55. The summed E-state index contributed by atoms with van der Waals surface area (Å²) in [5, 5.41) is 0. The van der Waals surface area contributed by atoms with Gasteiger partial charge in [0.25, 0.3) is 0 Å². The first kappa shape index (κ1) is 9.03. The molecular formula is C10H12FNS. The minimum absolute atomic E-state index is 0.0145. The topological polar surface area (TPSA) is 26.0 Å². The summed E-state index contributed by atoms with van der Waals surface area (Å²) in [5.41, 5.74) is 7.73. The van der Waals surface area contributed by atoms with Crippen molar-refractivity contribution in [3.8, 4) is 0 Å². The van der Waals surface area contributed by atoms with E-state index in [0.717, 1.165) is 29.1 Å². The molecule has 3 heteroatoms. The van der Waals surface area contributed by atoms with Gasteiger partial charge in [0.2, 0.25) is 0 Å². The zero-order chi connectivity index (χ0) is 9.26. The highest BCUT2D eigenvalue weighted by Gasteiger charge is 2.17. The van der Waals surface area contributed by atoms with Gasteiger partial charge in [0.05, 0.1) is 0 Å². The molecule has 0 amide bonds. The molecule has 0 fully saturated rings. The summed E-state index contributed by atoms with van der Waals surface area (Å²) < 4.78 is 13.4. The van der Waals surface area contributed by atoms with Gasteiger partial charge >= 0.3 is 0 Å². The second-order valence-electron chi connectivity index (χ2n) is 3.26. The molecule has 0 spiro atoms. The molecule has 1 aromatic rings. The Morgan fingerprint density at radius 3 is 3.15 bits per heavy atom. The molecule has 0 bridgehead atoms. The number of rotatable bonds is 0. The molecule has 1 nitrogen and oxygen atoms in total. The maximum atomic E-state index is 13.4. The minimum atomic E-state index is -0.109. The highest BCUT2D eigenvalue weighted by atomic mass is 32.2. The van der Waals surface area contributed by atoms with E-state index in [-0.39, 0.29) is 11.9 Å². The van der Waals surface area contributed by atoms with E-state index in [1.165, 1.54) is 6.07 Å². The molecule has 0 aromatic heterocycles. The van der Waals surface area contributed by atoms with Crippen molar-refractivity contribution in [1.82, 2.24) is 0 Å². The van der Waals surface area contributed by atoms with Crippen LogP contribution in [0.5, 0.6) is 0 Å². The third-order valence-corrected chi connectivity index (χ3v) is 3.39. The summed E-state index contributed by atoms with van der Waals surface area (Å²) in [4.78, 5) is 0. The molecular weight excluding hydrogens is 185 g/mol. The van der Waals surface area contributed by atoms with Crippen LogP contribution in [0, 0.1) is 5.82 Å². The highest BCUT2D eigenvalue weighted by molar-refractivity contribution is 7.98. The van der Waals surface area contributed by atoms with Gasteiger partial charge in [-0.2, -0.15) is 11.8 Å². The average Bonchev–Trinajstić information content (AvgIpc) is 2.30.